The lowest BCUT2D eigenvalue weighted by Crippen LogP contribution is -2.09. The molecule has 3 atom stereocenters. The summed E-state index contributed by atoms with van der Waals surface area (Å²) in [4.78, 5) is 0. The van der Waals surface area contributed by atoms with Crippen molar-refractivity contribution in [3.63, 3.8) is 0 Å². The van der Waals surface area contributed by atoms with Gasteiger partial charge in [0, 0.05) is 0 Å². The maximum Gasteiger partial charge on any atom is -0.0355 e. The SMILES string of the molecule is CCC1C(C)C1CCC(C)(C)CC. The van der Waals surface area contributed by atoms with Crippen LogP contribution in [0.1, 0.15) is 60.3 Å². The van der Waals surface area contributed by atoms with Crippen LogP contribution >= 0.6 is 0 Å². The number of rotatable bonds is 5. The van der Waals surface area contributed by atoms with Gasteiger partial charge in [-0.15, -0.1) is 0 Å². The van der Waals surface area contributed by atoms with Crippen LogP contribution in [0, 0.1) is 23.2 Å². The van der Waals surface area contributed by atoms with Crippen LogP contribution in [0.2, 0.25) is 0 Å². The predicted molar refractivity (Wildman–Crippen MR) is 59.7 cm³/mol. The first-order valence-electron chi connectivity index (χ1n) is 6.02. The zero-order valence-corrected chi connectivity index (χ0v) is 10.1. The lowest BCUT2D eigenvalue weighted by atomic mass is 9.84. The van der Waals surface area contributed by atoms with Crippen molar-refractivity contribution < 1.29 is 0 Å². The van der Waals surface area contributed by atoms with E-state index < -0.39 is 0 Å². The maximum absolute atomic E-state index is 2.43. The third-order valence-corrected chi connectivity index (χ3v) is 4.34. The van der Waals surface area contributed by atoms with Crippen LogP contribution in [-0.2, 0) is 0 Å². The molecule has 0 spiro atoms. The molecule has 0 nitrogen and oxygen atoms in total. The van der Waals surface area contributed by atoms with Gasteiger partial charge in [0.2, 0.25) is 0 Å². The van der Waals surface area contributed by atoms with E-state index in [0.717, 1.165) is 17.8 Å². The summed E-state index contributed by atoms with van der Waals surface area (Å²) in [6.45, 7) is 11.9. The van der Waals surface area contributed by atoms with Gasteiger partial charge in [0.15, 0.2) is 0 Å². The number of hydrogen-bond acceptors (Lipinski definition) is 0. The highest BCUT2D eigenvalue weighted by Gasteiger charge is 2.44. The third-order valence-electron chi connectivity index (χ3n) is 4.34. The van der Waals surface area contributed by atoms with Gasteiger partial charge in [-0.3, -0.25) is 0 Å². The summed E-state index contributed by atoms with van der Waals surface area (Å²) >= 11 is 0. The van der Waals surface area contributed by atoms with Crippen molar-refractivity contribution in [1.29, 1.82) is 0 Å². The van der Waals surface area contributed by atoms with E-state index in [0.29, 0.717) is 5.41 Å². The summed E-state index contributed by atoms with van der Waals surface area (Å²) in [5.74, 6) is 3.15. The minimum absolute atomic E-state index is 0.584. The van der Waals surface area contributed by atoms with Crippen molar-refractivity contribution in [1.82, 2.24) is 0 Å². The average molecular weight is 182 g/mol. The van der Waals surface area contributed by atoms with Gasteiger partial charge in [-0.1, -0.05) is 47.5 Å². The Morgan fingerprint density at radius 3 is 2.08 bits per heavy atom. The molecule has 0 N–H and O–H groups in total. The third kappa shape index (κ3) is 2.72. The van der Waals surface area contributed by atoms with Crippen LogP contribution in [0.15, 0.2) is 0 Å². The molecule has 1 aliphatic rings. The molecule has 0 aliphatic heterocycles. The summed E-state index contributed by atoms with van der Waals surface area (Å²) in [7, 11) is 0. The molecule has 1 rings (SSSR count). The van der Waals surface area contributed by atoms with Crippen LogP contribution in [-0.4, -0.2) is 0 Å². The van der Waals surface area contributed by atoms with Crippen molar-refractivity contribution in [3.8, 4) is 0 Å². The molecule has 0 aromatic carbocycles. The van der Waals surface area contributed by atoms with E-state index in [1.54, 1.807) is 0 Å². The van der Waals surface area contributed by atoms with Gasteiger partial charge in [-0.05, 0) is 36.0 Å². The molecule has 0 bridgehead atoms. The second-order valence-corrected chi connectivity index (χ2v) is 5.65. The molecule has 1 aliphatic carbocycles. The highest BCUT2D eigenvalue weighted by atomic mass is 14.5. The molecule has 3 unspecified atom stereocenters. The summed E-state index contributed by atoms with van der Waals surface area (Å²) in [5, 5.41) is 0. The van der Waals surface area contributed by atoms with Gasteiger partial charge in [0.1, 0.15) is 0 Å². The fraction of sp³-hybridized carbons (Fsp3) is 1.00. The Labute approximate surface area is 84.1 Å². The first kappa shape index (κ1) is 11.1. The first-order chi connectivity index (χ1) is 6.02. The quantitative estimate of drug-likeness (QED) is 0.587. The molecule has 0 heteroatoms. The Hall–Kier alpha value is 0. The molecular formula is C13H26. The Balaban J connectivity index is 2.21. The van der Waals surface area contributed by atoms with Crippen LogP contribution in [0.3, 0.4) is 0 Å². The lowest BCUT2D eigenvalue weighted by Gasteiger charge is -2.22. The molecule has 13 heavy (non-hydrogen) atoms. The number of hydrogen-bond donors (Lipinski definition) is 0. The van der Waals surface area contributed by atoms with Crippen molar-refractivity contribution in [2.75, 3.05) is 0 Å². The fourth-order valence-corrected chi connectivity index (χ4v) is 2.52. The van der Waals surface area contributed by atoms with E-state index in [4.69, 9.17) is 0 Å². The van der Waals surface area contributed by atoms with Gasteiger partial charge >= 0.3 is 0 Å². The molecule has 1 saturated carbocycles. The monoisotopic (exact) mass is 182 g/mol. The van der Waals surface area contributed by atoms with Crippen LogP contribution in [0.4, 0.5) is 0 Å². The molecule has 0 heterocycles. The van der Waals surface area contributed by atoms with E-state index >= 15 is 0 Å². The van der Waals surface area contributed by atoms with Gasteiger partial charge in [-0.2, -0.15) is 0 Å². The second kappa shape index (κ2) is 4.02. The maximum atomic E-state index is 2.43. The summed E-state index contributed by atoms with van der Waals surface area (Å²) in [5.41, 5.74) is 0.584. The van der Waals surface area contributed by atoms with Gasteiger partial charge in [0.05, 0.1) is 0 Å². The van der Waals surface area contributed by atoms with E-state index in [1.165, 1.54) is 25.7 Å². The normalized spacial score (nSPS) is 33.5. The van der Waals surface area contributed by atoms with Crippen LogP contribution in [0.5, 0.6) is 0 Å². The average Bonchev–Trinajstić information content (AvgIpc) is 2.73. The smallest absolute Gasteiger partial charge is 0.0355 e. The van der Waals surface area contributed by atoms with Crippen molar-refractivity contribution >= 4 is 0 Å². The molecule has 78 valence electrons. The molecule has 0 amide bonds. The van der Waals surface area contributed by atoms with E-state index in [-0.39, 0.29) is 0 Å². The minimum atomic E-state index is 0.584. The predicted octanol–water partition coefficient (Wildman–Crippen LogP) is 4.49. The van der Waals surface area contributed by atoms with Crippen molar-refractivity contribution in [2.45, 2.75) is 60.3 Å². The molecule has 0 aromatic heterocycles. The highest BCUT2D eigenvalue weighted by molar-refractivity contribution is 4.93. The summed E-state index contributed by atoms with van der Waals surface area (Å²) < 4.78 is 0. The van der Waals surface area contributed by atoms with Crippen molar-refractivity contribution in [2.24, 2.45) is 23.2 Å². The Morgan fingerprint density at radius 2 is 1.69 bits per heavy atom. The standard InChI is InChI=1S/C13H26/c1-6-11-10(3)12(11)8-9-13(4,5)7-2/h10-12H,6-9H2,1-5H3. The van der Waals surface area contributed by atoms with E-state index in [9.17, 15) is 0 Å². The first-order valence-corrected chi connectivity index (χ1v) is 6.02. The van der Waals surface area contributed by atoms with Crippen LogP contribution in [0.25, 0.3) is 0 Å². The van der Waals surface area contributed by atoms with Gasteiger partial charge in [0.25, 0.3) is 0 Å². The highest BCUT2D eigenvalue weighted by Crippen LogP contribution is 2.52. The Bertz CT molecular complexity index is 157. The summed E-state index contributed by atoms with van der Waals surface area (Å²) in [6, 6.07) is 0. The van der Waals surface area contributed by atoms with Crippen LogP contribution < -0.4 is 0 Å². The van der Waals surface area contributed by atoms with Gasteiger partial charge < -0.3 is 0 Å². The molecule has 0 radical (unpaired) electrons. The minimum Gasteiger partial charge on any atom is -0.0651 e. The molecular weight excluding hydrogens is 156 g/mol. The molecule has 1 fully saturated rings. The van der Waals surface area contributed by atoms with E-state index in [2.05, 4.69) is 34.6 Å². The second-order valence-electron chi connectivity index (χ2n) is 5.65. The summed E-state index contributed by atoms with van der Waals surface area (Å²) in [6.07, 6.45) is 5.62. The largest absolute Gasteiger partial charge is 0.0651 e. The van der Waals surface area contributed by atoms with Crippen molar-refractivity contribution in [3.05, 3.63) is 0 Å². The van der Waals surface area contributed by atoms with E-state index in [1.807, 2.05) is 0 Å². The zero-order valence-electron chi connectivity index (χ0n) is 10.1. The lowest BCUT2D eigenvalue weighted by molar-refractivity contribution is 0.300. The topological polar surface area (TPSA) is 0 Å². The Morgan fingerprint density at radius 1 is 1.08 bits per heavy atom. The molecule has 0 saturated heterocycles. The Kier molecular flexibility index (Phi) is 3.43. The van der Waals surface area contributed by atoms with Gasteiger partial charge in [-0.25, -0.2) is 0 Å². The zero-order chi connectivity index (χ0) is 10.1. The molecule has 0 aromatic rings. The fourth-order valence-electron chi connectivity index (χ4n) is 2.52.